The molecule has 17 heavy (non-hydrogen) atoms. The molecule has 2 rings (SSSR count). The van der Waals surface area contributed by atoms with Crippen molar-refractivity contribution in [2.45, 2.75) is 0 Å². The molecule has 2 N–H and O–H groups in total. The summed E-state index contributed by atoms with van der Waals surface area (Å²) in [7, 11) is 0. The topological polar surface area (TPSA) is 64.8 Å². The number of anilines is 1. The maximum atomic E-state index is 11.8. The monoisotopic (exact) mass is 236 g/mol. The molecule has 1 aliphatic heterocycles. The maximum absolute atomic E-state index is 11.8. The van der Waals surface area contributed by atoms with Crippen molar-refractivity contribution in [3.05, 3.63) is 24.3 Å². The summed E-state index contributed by atoms with van der Waals surface area (Å²) in [5.41, 5.74) is 6.26. The molecule has 5 heteroatoms. The van der Waals surface area contributed by atoms with Crippen molar-refractivity contribution in [3.8, 4) is 5.75 Å². The van der Waals surface area contributed by atoms with Crippen molar-refractivity contribution in [2.75, 3.05) is 38.6 Å². The number of hydrogen-bond donors (Lipinski definition) is 1. The van der Waals surface area contributed by atoms with E-state index in [4.69, 9.17) is 15.2 Å². The third kappa shape index (κ3) is 3.10. The summed E-state index contributed by atoms with van der Waals surface area (Å²) in [6.07, 6.45) is 0. The Labute approximate surface area is 100 Å². The van der Waals surface area contributed by atoms with Crippen LogP contribution in [0.15, 0.2) is 24.3 Å². The zero-order valence-corrected chi connectivity index (χ0v) is 9.59. The minimum absolute atomic E-state index is 0.0220. The normalized spacial score (nSPS) is 15.6. The zero-order chi connectivity index (χ0) is 12.1. The SMILES string of the molecule is Nc1ccccc1OCC(=O)N1CCOCC1. The van der Waals surface area contributed by atoms with Crippen LogP contribution in [0.1, 0.15) is 0 Å². The van der Waals surface area contributed by atoms with Crippen LogP contribution >= 0.6 is 0 Å². The molecule has 5 nitrogen and oxygen atoms in total. The molecule has 1 aromatic carbocycles. The predicted octanol–water partition coefficient (Wildman–Crippen LogP) is 0.506. The number of carbonyl (C=O) groups is 1. The van der Waals surface area contributed by atoms with Crippen molar-refractivity contribution >= 4 is 11.6 Å². The molecule has 1 heterocycles. The molecule has 0 unspecified atom stereocenters. The number of benzene rings is 1. The second-order valence-electron chi connectivity index (χ2n) is 3.82. The maximum Gasteiger partial charge on any atom is 0.260 e. The number of ether oxygens (including phenoxy) is 2. The lowest BCUT2D eigenvalue weighted by Gasteiger charge is -2.26. The van der Waals surface area contributed by atoms with Crippen LogP contribution in [0, 0.1) is 0 Å². The molecule has 0 atom stereocenters. The van der Waals surface area contributed by atoms with E-state index in [1.54, 1.807) is 17.0 Å². The van der Waals surface area contributed by atoms with Crippen molar-refractivity contribution in [1.82, 2.24) is 4.90 Å². The van der Waals surface area contributed by atoms with Crippen LogP contribution in [0.25, 0.3) is 0 Å². The molecule has 1 aromatic rings. The Morgan fingerprint density at radius 2 is 2.06 bits per heavy atom. The summed E-state index contributed by atoms with van der Waals surface area (Å²) < 4.78 is 10.6. The number of rotatable bonds is 3. The number of nitrogens with zero attached hydrogens (tertiary/aromatic N) is 1. The van der Waals surface area contributed by atoms with Crippen LogP contribution in [0.3, 0.4) is 0 Å². The Bertz CT molecular complexity index is 389. The van der Waals surface area contributed by atoms with Gasteiger partial charge in [0.05, 0.1) is 18.9 Å². The highest BCUT2D eigenvalue weighted by Gasteiger charge is 2.17. The van der Waals surface area contributed by atoms with E-state index in [2.05, 4.69) is 0 Å². The highest BCUT2D eigenvalue weighted by molar-refractivity contribution is 5.78. The van der Waals surface area contributed by atoms with Gasteiger partial charge in [-0.05, 0) is 12.1 Å². The molecule has 0 saturated carbocycles. The molecule has 1 fully saturated rings. The van der Waals surface area contributed by atoms with E-state index in [1.165, 1.54) is 0 Å². The van der Waals surface area contributed by atoms with E-state index >= 15 is 0 Å². The van der Waals surface area contributed by atoms with Gasteiger partial charge in [0.2, 0.25) is 0 Å². The van der Waals surface area contributed by atoms with Gasteiger partial charge in [-0.1, -0.05) is 12.1 Å². The fourth-order valence-corrected chi connectivity index (χ4v) is 1.66. The van der Waals surface area contributed by atoms with Crippen LogP contribution in [0.2, 0.25) is 0 Å². The smallest absolute Gasteiger partial charge is 0.260 e. The molecule has 0 spiro atoms. The number of nitrogen functional groups attached to an aromatic ring is 1. The first-order valence-corrected chi connectivity index (χ1v) is 5.60. The lowest BCUT2D eigenvalue weighted by atomic mass is 10.3. The second kappa shape index (κ2) is 5.54. The quantitative estimate of drug-likeness (QED) is 0.776. The molecule has 0 aromatic heterocycles. The number of nitrogens with two attached hydrogens (primary N) is 1. The molecular formula is C12H16N2O3. The summed E-state index contributed by atoms with van der Waals surface area (Å²) in [4.78, 5) is 13.5. The third-order valence-electron chi connectivity index (χ3n) is 2.63. The number of amides is 1. The molecule has 1 aliphatic rings. The van der Waals surface area contributed by atoms with Crippen LogP contribution in [0.5, 0.6) is 5.75 Å². The van der Waals surface area contributed by atoms with Gasteiger partial charge in [-0.2, -0.15) is 0 Å². The largest absolute Gasteiger partial charge is 0.482 e. The molecule has 1 saturated heterocycles. The van der Waals surface area contributed by atoms with Crippen molar-refractivity contribution < 1.29 is 14.3 Å². The van der Waals surface area contributed by atoms with Crippen molar-refractivity contribution in [3.63, 3.8) is 0 Å². The fourth-order valence-electron chi connectivity index (χ4n) is 1.66. The van der Waals surface area contributed by atoms with Crippen LogP contribution in [-0.4, -0.2) is 43.7 Å². The summed E-state index contributed by atoms with van der Waals surface area (Å²) in [5.74, 6) is 0.519. The van der Waals surface area contributed by atoms with E-state index in [0.29, 0.717) is 37.7 Å². The zero-order valence-electron chi connectivity index (χ0n) is 9.59. The van der Waals surface area contributed by atoms with Gasteiger partial charge in [-0.3, -0.25) is 4.79 Å². The predicted molar refractivity (Wildman–Crippen MR) is 63.7 cm³/mol. The highest BCUT2D eigenvalue weighted by Crippen LogP contribution is 2.19. The average molecular weight is 236 g/mol. The van der Waals surface area contributed by atoms with Crippen LogP contribution in [-0.2, 0) is 9.53 Å². The Morgan fingerprint density at radius 1 is 1.35 bits per heavy atom. The standard InChI is InChI=1S/C12H16N2O3/c13-10-3-1-2-4-11(10)17-9-12(15)14-5-7-16-8-6-14/h1-4H,5-9,13H2. The van der Waals surface area contributed by atoms with Crippen molar-refractivity contribution in [2.24, 2.45) is 0 Å². The molecule has 0 aliphatic carbocycles. The van der Waals surface area contributed by atoms with Crippen LogP contribution < -0.4 is 10.5 Å². The van der Waals surface area contributed by atoms with Crippen molar-refractivity contribution in [1.29, 1.82) is 0 Å². The number of morpholine rings is 1. The number of para-hydroxylation sites is 2. The molecule has 1 amide bonds. The van der Waals surface area contributed by atoms with E-state index in [9.17, 15) is 4.79 Å². The minimum atomic E-state index is -0.0310. The molecule has 0 bridgehead atoms. The molecule has 92 valence electrons. The second-order valence-corrected chi connectivity index (χ2v) is 3.82. The Balaban J connectivity index is 1.85. The van der Waals surface area contributed by atoms with Gasteiger partial charge in [0.25, 0.3) is 5.91 Å². The Kier molecular flexibility index (Phi) is 3.82. The van der Waals surface area contributed by atoms with Gasteiger partial charge in [0.1, 0.15) is 5.75 Å². The van der Waals surface area contributed by atoms with Crippen LogP contribution in [0.4, 0.5) is 5.69 Å². The van der Waals surface area contributed by atoms with Gasteiger partial charge < -0.3 is 20.1 Å². The fraction of sp³-hybridized carbons (Fsp3) is 0.417. The molecular weight excluding hydrogens is 220 g/mol. The lowest BCUT2D eigenvalue weighted by molar-refractivity contribution is -0.137. The van der Waals surface area contributed by atoms with Gasteiger partial charge in [-0.25, -0.2) is 0 Å². The first-order valence-electron chi connectivity index (χ1n) is 5.60. The first-order chi connectivity index (χ1) is 8.27. The van der Waals surface area contributed by atoms with Gasteiger partial charge in [0.15, 0.2) is 6.61 Å². The van der Waals surface area contributed by atoms with Gasteiger partial charge in [0, 0.05) is 13.1 Å². The Morgan fingerprint density at radius 3 is 2.76 bits per heavy atom. The van der Waals surface area contributed by atoms with E-state index in [-0.39, 0.29) is 12.5 Å². The number of carbonyl (C=O) groups excluding carboxylic acids is 1. The summed E-state index contributed by atoms with van der Waals surface area (Å²) in [5, 5.41) is 0. The average Bonchev–Trinajstić information content (AvgIpc) is 2.38. The third-order valence-corrected chi connectivity index (χ3v) is 2.63. The summed E-state index contributed by atoms with van der Waals surface area (Å²) >= 11 is 0. The van der Waals surface area contributed by atoms with Gasteiger partial charge >= 0.3 is 0 Å². The number of hydrogen-bond acceptors (Lipinski definition) is 4. The molecule has 0 radical (unpaired) electrons. The lowest BCUT2D eigenvalue weighted by Crippen LogP contribution is -2.43. The Hall–Kier alpha value is -1.75. The highest BCUT2D eigenvalue weighted by atomic mass is 16.5. The van der Waals surface area contributed by atoms with E-state index in [1.807, 2.05) is 12.1 Å². The van der Waals surface area contributed by atoms with Gasteiger partial charge in [-0.15, -0.1) is 0 Å². The first kappa shape index (κ1) is 11.7. The minimum Gasteiger partial charge on any atom is -0.482 e. The summed E-state index contributed by atoms with van der Waals surface area (Å²) in [6, 6.07) is 7.15. The van der Waals surface area contributed by atoms with E-state index < -0.39 is 0 Å². The van der Waals surface area contributed by atoms with E-state index in [0.717, 1.165) is 0 Å². The summed E-state index contributed by atoms with van der Waals surface area (Å²) in [6.45, 7) is 2.48.